The Hall–Kier alpha value is -3.08. The van der Waals surface area contributed by atoms with Gasteiger partial charge in [0.15, 0.2) is 6.10 Å². The maximum Gasteiger partial charge on any atom is 0.331 e. The Morgan fingerprint density at radius 2 is 1.77 bits per heavy atom. The average Bonchev–Trinajstić information content (AvgIpc) is 2.66. The normalized spacial score (nSPS) is 11.8. The van der Waals surface area contributed by atoms with E-state index in [0.29, 0.717) is 18.9 Å². The first-order valence-corrected chi connectivity index (χ1v) is 8.52. The average molecular weight is 353 g/mol. The van der Waals surface area contributed by atoms with Crippen molar-refractivity contribution in [3.63, 3.8) is 0 Å². The van der Waals surface area contributed by atoms with Gasteiger partial charge in [0.1, 0.15) is 5.75 Å². The predicted octanol–water partition coefficient (Wildman–Crippen LogP) is 3.35. The largest absolute Gasteiger partial charge is 0.493 e. The molecule has 26 heavy (non-hydrogen) atoms. The third-order valence-electron chi connectivity index (χ3n) is 3.59. The van der Waals surface area contributed by atoms with Gasteiger partial charge in [-0.25, -0.2) is 4.79 Å². The van der Waals surface area contributed by atoms with Crippen LogP contribution in [0.4, 0.5) is 0 Å². The fourth-order valence-electron chi connectivity index (χ4n) is 2.26. The lowest BCUT2D eigenvalue weighted by Crippen LogP contribution is -2.35. The number of hydrogen-bond donors (Lipinski definition) is 1. The third kappa shape index (κ3) is 6.09. The molecule has 1 atom stereocenters. The van der Waals surface area contributed by atoms with Gasteiger partial charge in [-0.15, -0.1) is 0 Å². The molecular weight excluding hydrogens is 330 g/mol. The maximum absolute atomic E-state index is 12.0. The van der Waals surface area contributed by atoms with Gasteiger partial charge in [-0.2, -0.15) is 0 Å². The molecule has 0 unspecified atom stereocenters. The molecule has 2 aromatic rings. The molecule has 1 amide bonds. The van der Waals surface area contributed by atoms with E-state index < -0.39 is 12.1 Å². The number of rotatable bonds is 8. The van der Waals surface area contributed by atoms with Gasteiger partial charge >= 0.3 is 5.97 Å². The van der Waals surface area contributed by atoms with Crippen molar-refractivity contribution in [2.45, 2.75) is 26.5 Å². The van der Waals surface area contributed by atoms with Crippen molar-refractivity contribution < 1.29 is 19.1 Å². The molecule has 2 rings (SSSR count). The minimum atomic E-state index is -0.877. The summed E-state index contributed by atoms with van der Waals surface area (Å²) in [5, 5.41) is 2.74. The number of nitrogens with one attached hydrogen (secondary N) is 1. The van der Waals surface area contributed by atoms with Crippen LogP contribution in [0.1, 0.15) is 25.0 Å². The van der Waals surface area contributed by atoms with Crippen molar-refractivity contribution in [3.8, 4) is 5.75 Å². The number of amides is 1. The molecule has 5 heteroatoms. The van der Waals surface area contributed by atoms with Crippen LogP contribution >= 0.6 is 0 Å². The van der Waals surface area contributed by atoms with Crippen molar-refractivity contribution >= 4 is 18.0 Å². The van der Waals surface area contributed by atoms with Gasteiger partial charge in [0.2, 0.25) is 0 Å². The van der Waals surface area contributed by atoms with E-state index >= 15 is 0 Å². The van der Waals surface area contributed by atoms with Crippen LogP contribution in [0.2, 0.25) is 0 Å². The van der Waals surface area contributed by atoms with Gasteiger partial charge < -0.3 is 14.8 Å². The zero-order valence-electron chi connectivity index (χ0n) is 15.0. The summed E-state index contributed by atoms with van der Waals surface area (Å²) in [4.78, 5) is 24.0. The lowest BCUT2D eigenvalue weighted by molar-refractivity contribution is -0.150. The first-order chi connectivity index (χ1) is 12.6. The van der Waals surface area contributed by atoms with E-state index in [2.05, 4.69) is 5.32 Å². The van der Waals surface area contributed by atoms with Crippen molar-refractivity contribution in [2.75, 3.05) is 6.61 Å². The van der Waals surface area contributed by atoms with E-state index in [1.54, 1.807) is 13.0 Å². The first kappa shape index (κ1) is 19.2. The third-order valence-corrected chi connectivity index (χ3v) is 3.59. The maximum atomic E-state index is 12.0. The standard InChI is InChI=1S/C21H23NO4/c1-3-25-19-12-8-7-11-18(19)13-14-20(23)26-16(2)21(24)22-15-17-9-5-4-6-10-17/h4-14,16H,3,15H2,1-2H3,(H,22,24)/b14-13+/t16-/m1/s1. The van der Waals surface area contributed by atoms with E-state index in [9.17, 15) is 9.59 Å². The van der Waals surface area contributed by atoms with Crippen LogP contribution in [-0.4, -0.2) is 24.6 Å². The first-order valence-electron chi connectivity index (χ1n) is 8.52. The second-order valence-corrected chi connectivity index (χ2v) is 5.59. The Balaban J connectivity index is 1.85. The van der Waals surface area contributed by atoms with Crippen LogP contribution in [0.5, 0.6) is 5.75 Å². The van der Waals surface area contributed by atoms with Crippen LogP contribution in [0.3, 0.4) is 0 Å². The Labute approximate surface area is 153 Å². The van der Waals surface area contributed by atoms with Crippen molar-refractivity contribution in [1.29, 1.82) is 0 Å². The summed E-state index contributed by atoms with van der Waals surface area (Å²) in [6.07, 6.45) is 2.03. The monoisotopic (exact) mass is 353 g/mol. The molecule has 0 fully saturated rings. The quantitative estimate of drug-likeness (QED) is 0.584. The van der Waals surface area contributed by atoms with Crippen LogP contribution in [-0.2, 0) is 20.9 Å². The summed E-state index contributed by atoms with van der Waals surface area (Å²) in [6, 6.07) is 16.9. The molecule has 0 bridgehead atoms. The van der Waals surface area contributed by atoms with Gasteiger partial charge in [0.25, 0.3) is 5.91 Å². The zero-order valence-corrected chi connectivity index (χ0v) is 15.0. The lowest BCUT2D eigenvalue weighted by atomic mass is 10.2. The zero-order chi connectivity index (χ0) is 18.8. The van der Waals surface area contributed by atoms with Gasteiger partial charge in [-0.05, 0) is 31.6 Å². The second-order valence-electron chi connectivity index (χ2n) is 5.59. The van der Waals surface area contributed by atoms with E-state index in [-0.39, 0.29) is 5.91 Å². The Morgan fingerprint density at radius 3 is 2.50 bits per heavy atom. The molecule has 0 spiro atoms. The smallest absolute Gasteiger partial charge is 0.331 e. The SMILES string of the molecule is CCOc1ccccc1/C=C/C(=O)O[C@H](C)C(=O)NCc1ccccc1. The molecule has 0 saturated carbocycles. The minimum absolute atomic E-state index is 0.342. The second kappa shape index (κ2) is 10.0. The van der Waals surface area contributed by atoms with Crippen molar-refractivity contribution in [3.05, 3.63) is 71.8 Å². The van der Waals surface area contributed by atoms with Crippen molar-refractivity contribution in [2.24, 2.45) is 0 Å². The Kier molecular flexibility index (Phi) is 7.43. The molecule has 2 aromatic carbocycles. The van der Waals surface area contributed by atoms with Gasteiger partial charge in [-0.3, -0.25) is 4.79 Å². The summed E-state index contributed by atoms with van der Waals surface area (Å²) in [5.74, 6) is -0.239. The van der Waals surface area contributed by atoms with Crippen LogP contribution in [0.25, 0.3) is 6.08 Å². The summed E-state index contributed by atoms with van der Waals surface area (Å²) >= 11 is 0. The van der Waals surface area contributed by atoms with Crippen LogP contribution in [0, 0.1) is 0 Å². The van der Waals surface area contributed by atoms with E-state index in [4.69, 9.17) is 9.47 Å². The van der Waals surface area contributed by atoms with Crippen LogP contribution < -0.4 is 10.1 Å². The molecule has 0 radical (unpaired) electrons. The number of carbonyl (C=O) groups excluding carboxylic acids is 2. The molecule has 0 aromatic heterocycles. The summed E-state index contributed by atoms with van der Waals surface area (Å²) in [5.41, 5.74) is 1.75. The highest BCUT2D eigenvalue weighted by atomic mass is 16.5. The van der Waals surface area contributed by atoms with Gasteiger partial charge in [-0.1, -0.05) is 48.5 Å². The highest BCUT2D eigenvalue weighted by molar-refractivity contribution is 5.90. The van der Waals surface area contributed by atoms with Crippen molar-refractivity contribution in [1.82, 2.24) is 5.32 Å². The number of esters is 1. The molecule has 5 nitrogen and oxygen atoms in total. The predicted molar refractivity (Wildman–Crippen MR) is 100 cm³/mol. The molecule has 0 heterocycles. The molecular formula is C21H23NO4. The number of ether oxygens (including phenoxy) is 2. The van der Waals surface area contributed by atoms with E-state index in [1.165, 1.54) is 6.08 Å². The number of para-hydroxylation sites is 1. The minimum Gasteiger partial charge on any atom is -0.493 e. The number of benzene rings is 2. The fraction of sp³-hybridized carbons (Fsp3) is 0.238. The number of carbonyl (C=O) groups is 2. The molecule has 1 N–H and O–H groups in total. The summed E-state index contributed by atoms with van der Waals surface area (Å²) in [6.45, 7) is 4.36. The molecule has 0 saturated heterocycles. The molecule has 136 valence electrons. The topological polar surface area (TPSA) is 64.6 Å². The summed E-state index contributed by atoms with van der Waals surface area (Å²) in [7, 11) is 0. The number of hydrogen-bond acceptors (Lipinski definition) is 4. The molecule has 0 aliphatic heterocycles. The van der Waals surface area contributed by atoms with E-state index in [0.717, 1.165) is 11.1 Å². The highest BCUT2D eigenvalue weighted by Crippen LogP contribution is 2.19. The van der Waals surface area contributed by atoms with E-state index in [1.807, 2.05) is 61.5 Å². The van der Waals surface area contributed by atoms with Gasteiger partial charge in [0, 0.05) is 18.2 Å². The molecule has 0 aliphatic carbocycles. The molecule has 0 aliphatic rings. The Morgan fingerprint density at radius 1 is 1.08 bits per heavy atom. The highest BCUT2D eigenvalue weighted by Gasteiger charge is 2.16. The fourth-order valence-corrected chi connectivity index (χ4v) is 2.26. The lowest BCUT2D eigenvalue weighted by Gasteiger charge is -2.12. The van der Waals surface area contributed by atoms with Crippen LogP contribution in [0.15, 0.2) is 60.7 Å². The van der Waals surface area contributed by atoms with Gasteiger partial charge in [0.05, 0.1) is 6.61 Å². The Bertz CT molecular complexity index is 756. The summed E-state index contributed by atoms with van der Waals surface area (Å²) < 4.78 is 10.6.